The number of likely N-dealkylation sites (N-methyl/N-ethyl adjacent to an activating group) is 1. The van der Waals surface area contributed by atoms with Crippen LogP contribution in [0.25, 0.3) is 0 Å². The standard InChI is InChI=1S/C19H34N4O6/c1-7-8-12(21-17(28)29-18(2,3)4)14(25)15(26)20-11-13(24)22-19(9-10-19)16(27)23(5)6/h12,14,25H,7-11H2,1-6H3,(H,20,26)(H,21,28)(H,22,24). The lowest BCUT2D eigenvalue weighted by Crippen LogP contribution is -2.54. The molecule has 0 saturated heterocycles. The van der Waals surface area contributed by atoms with Gasteiger partial charge in [0.2, 0.25) is 11.8 Å². The zero-order chi connectivity index (χ0) is 22.4. The van der Waals surface area contributed by atoms with Crippen LogP contribution in [0.4, 0.5) is 4.79 Å². The molecule has 0 heterocycles. The van der Waals surface area contributed by atoms with Crippen molar-refractivity contribution in [1.82, 2.24) is 20.9 Å². The summed E-state index contributed by atoms with van der Waals surface area (Å²) in [5.74, 6) is -1.51. The molecule has 1 aliphatic rings. The fourth-order valence-corrected chi connectivity index (χ4v) is 2.79. The molecule has 2 unspecified atom stereocenters. The summed E-state index contributed by atoms with van der Waals surface area (Å²) in [6, 6.07) is -0.858. The van der Waals surface area contributed by atoms with Crippen LogP contribution < -0.4 is 16.0 Å². The number of nitrogens with one attached hydrogen (secondary N) is 3. The summed E-state index contributed by atoms with van der Waals surface area (Å²) in [5.41, 5.74) is -1.61. The minimum atomic E-state index is -1.55. The van der Waals surface area contributed by atoms with Crippen molar-refractivity contribution in [3.8, 4) is 0 Å². The summed E-state index contributed by atoms with van der Waals surface area (Å²) in [6.07, 6.45) is -0.233. The highest BCUT2D eigenvalue weighted by Gasteiger charge is 2.51. The van der Waals surface area contributed by atoms with Gasteiger partial charge in [0, 0.05) is 14.1 Å². The summed E-state index contributed by atoms with van der Waals surface area (Å²) >= 11 is 0. The van der Waals surface area contributed by atoms with Crippen LogP contribution in [0.1, 0.15) is 53.4 Å². The Morgan fingerprint density at radius 3 is 2.21 bits per heavy atom. The summed E-state index contributed by atoms with van der Waals surface area (Å²) in [7, 11) is 3.22. The maximum Gasteiger partial charge on any atom is 0.407 e. The van der Waals surface area contributed by atoms with Crippen LogP contribution in [0, 0.1) is 0 Å². The molecular formula is C19H34N4O6. The van der Waals surface area contributed by atoms with Crippen LogP contribution in [-0.4, -0.2) is 77.7 Å². The Morgan fingerprint density at radius 1 is 1.17 bits per heavy atom. The molecule has 10 nitrogen and oxygen atoms in total. The van der Waals surface area contributed by atoms with Crippen molar-refractivity contribution >= 4 is 23.8 Å². The highest BCUT2D eigenvalue weighted by Crippen LogP contribution is 2.36. The lowest BCUT2D eigenvalue weighted by molar-refractivity contribution is -0.136. The first-order valence-corrected chi connectivity index (χ1v) is 9.79. The number of hydrogen-bond donors (Lipinski definition) is 4. The van der Waals surface area contributed by atoms with Crippen molar-refractivity contribution in [1.29, 1.82) is 0 Å². The van der Waals surface area contributed by atoms with Crippen LogP contribution >= 0.6 is 0 Å². The molecule has 0 aromatic heterocycles. The molecule has 0 aliphatic heterocycles. The molecule has 0 aromatic carbocycles. The van der Waals surface area contributed by atoms with E-state index in [0.717, 1.165) is 0 Å². The van der Waals surface area contributed by atoms with Gasteiger partial charge in [0.25, 0.3) is 5.91 Å². The fourth-order valence-electron chi connectivity index (χ4n) is 2.79. The highest BCUT2D eigenvalue weighted by molar-refractivity contribution is 5.95. The summed E-state index contributed by atoms with van der Waals surface area (Å²) in [5, 5.41) is 17.8. The van der Waals surface area contributed by atoms with E-state index < -0.39 is 41.2 Å². The van der Waals surface area contributed by atoms with E-state index in [9.17, 15) is 24.3 Å². The van der Waals surface area contributed by atoms with E-state index in [1.54, 1.807) is 34.9 Å². The van der Waals surface area contributed by atoms with Gasteiger partial charge < -0.3 is 30.7 Å². The fraction of sp³-hybridized carbons (Fsp3) is 0.789. The van der Waals surface area contributed by atoms with Gasteiger partial charge >= 0.3 is 6.09 Å². The Kier molecular flexibility index (Phi) is 8.43. The second-order valence-corrected chi connectivity index (χ2v) is 8.53. The lowest BCUT2D eigenvalue weighted by Gasteiger charge is -2.26. The van der Waals surface area contributed by atoms with Crippen LogP contribution in [-0.2, 0) is 19.1 Å². The number of alkyl carbamates (subject to hydrolysis) is 1. The van der Waals surface area contributed by atoms with Crippen LogP contribution in [0.5, 0.6) is 0 Å². The number of carbonyl (C=O) groups is 4. The van der Waals surface area contributed by atoms with Gasteiger partial charge in [-0.05, 0) is 40.0 Å². The van der Waals surface area contributed by atoms with E-state index >= 15 is 0 Å². The number of nitrogens with zero attached hydrogens (tertiary/aromatic N) is 1. The van der Waals surface area contributed by atoms with Crippen LogP contribution in [0.15, 0.2) is 0 Å². The second-order valence-electron chi connectivity index (χ2n) is 8.53. The molecule has 166 valence electrons. The van der Waals surface area contributed by atoms with Crippen molar-refractivity contribution in [3.63, 3.8) is 0 Å². The normalized spacial score (nSPS) is 16.8. The Labute approximate surface area is 171 Å². The summed E-state index contributed by atoms with van der Waals surface area (Å²) in [6.45, 7) is 6.58. The van der Waals surface area contributed by atoms with Gasteiger partial charge in [-0.2, -0.15) is 0 Å². The van der Waals surface area contributed by atoms with Gasteiger partial charge in [-0.1, -0.05) is 13.3 Å². The number of rotatable bonds is 9. The molecule has 0 bridgehead atoms. The number of hydrogen-bond acceptors (Lipinski definition) is 6. The number of aliphatic hydroxyl groups is 1. The van der Waals surface area contributed by atoms with Gasteiger partial charge in [0.1, 0.15) is 11.1 Å². The third-order valence-corrected chi connectivity index (χ3v) is 4.32. The maximum absolute atomic E-state index is 12.2. The zero-order valence-electron chi connectivity index (χ0n) is 18.1. The monoisotopic (exact) mass is 414 g/mol. The molecule has 2 atom stereocenters. The third kappa shape index (κ3) is 7.88. The van der Waals surface area contributed by atoms with Gasteiger partial charge in [-0.15, -0.1) is 0 Å². The zero-order valence-corrected chi connectivity index (χ0v) is 18.1. The Bertz CT molecular complexity index is 625. The largest absolute Gasteiger partial charge is 0.444 e. The molecule has 0 aromatic rings. The Morgan fingerprint density at radius 2 is 1.76 bits per heavy atom. The van der Waals surface area contributed by atoms with E-state index in [1.165, 1.54) is 4.90 Å². The van der Waals surface area contributed by atoms with Crippen molar-refractivity contribution in [2.75, 3.05) is 20.6 Å². The lowest BCUT2D eigenvalue weighted by atomic mass is 10.1. The summed E-state index contributed by atoms with van der Waals surface area (Å²) in [4.78, 5) is 49.8. The number of carbonyl (C=O) groups excluding carboxylic acids is 4. The van der Waals surface area contributed by atoms with Crippen molar-refractivity contribution in [2.24, 2.45) is 0 Å². The Hall–Kier alpha value is -2.36. The van der Waals surface area contributed by atoms with E-state index in [4.69, 9.17) is 4.74 Å². The number of amides is 4. The molecular weight excluding hydrogens is 380 g/mol. The highest BCUT2D eigenvalue weighted by atomic mass is 16.6. The predicted octanol–water partition coefficient (Wildman–Crippen LogP) is -0.106. The molecule has 1 rings (SSSR count). The first-order chi connectivity index (χ1) is 13.3. The van der Waals surface area contributed by atoms with E-state index in [0.29, 0.717) is 25.7 Å². The quantitative estimate of drug-likeness (QED) is 0.416. The maximum atomic E-state index is 12.2. The SMILES string of the molecule is CCCC(NC(=O)OC(C)(C)C)C(O)C(=O)NCC(=O)NC1(C(=O)N(C)C)CC1. The van der Waals surface area contributed by atoms with E-state index in [2.05, 4.69) is 16.0 Å². The average Bonchev–Trinajstić information content (AvgIpc) is 3.36. The first kappa shape index (κ1) is 24.7. The molecule has 4 N–H and O–H groups in total. The third-order valence-electron chi connectivity index (χ3n) is 4.32. The van der Waals surface area contributed by atoms with Gasteiger partial charge in [-0.25, -0.2) is 4.79 Å². The first-order valence-electron chi connectivity index (χ1n) is 9.79. The average molecular weight is 415 g/mol. The van der Waals surface area contributed by atoms with Crippen LogP contribution in [0.3, 0.4) is 0 Å². The number of ether oxygens (including phenoxy) is 1. The molecule has 1 saturated carbocycles. The van der Waals surface area contributed by atoms with Gasteiger partial charge in [0.05, 0.1) is 12.6 Å². The van der Waals surface area contributed by atoms with Crippen molar-refractivity contribution in [3.05, 3.63) is 0 Å². The van der Waals surface area contributed by atoms with Gasteiger partial charge in [0.15, 0.2) is 6.10 Å². The number of aliphatic hydroxyl groups excluding tert-OH is 1. The van der Waals surface area contributed by atoms with E-state index in [1.807, 2.05) is 6.92 Å². The molecule has 0 radical (unpaired) electrons. The molecule has 0 spiro atoms. The molecule has 10 heteroatoms. The summed E-state index contributed by atoms with van der Waals surface area (Å²) < 4.78 is 5.15. The molecule has 4 amide bonds. The predicted molar refractivity (Wildman–Crippen MR) is 106 cm³/mol. The van der Waals surface area contributed by atoms with Crippen LogP contribution in [0.2, 0.25) is 0 Å². The van der Waals surface area contributed by atoms with Crippen molar-refractivity contribution in [2.45, 2.75) is 76.7 Å². The second kappa shape index (κ2) is 9.91. The minimum Gasteiger partial charge on any atom is -0.444 e. The van der Waals surface area contributed by atoms with Crippen molar-refractivity contribution < 1.29 is 29.0 Å². The molecule has 1 fully saturated rings. The molecule has 29 heavy (non-hydrogen) atoms. The molecule has 1 aliphatic carbocycles. The van der Waals surface area contributed by atoms with Gasteiger partial charge in [-0.3, -0.25) is 14.4 Å². The minimum absolute atomic E-state index is 0.193. The Balaban J connectivity index is 2.56. The van der Waals surface area contributed by atoms with E-state index in [-0.39, 0.29) is 12.5 Å². The smallest absolute Gasteiger partial charge is 0.407 e. The topological polar surface area (TPSA) is 137 Å².